The van der Waals surface area contributed by atoms with Gasteiger partial charge in [-0.2, -0.15) is 0 Å². The van der Waals surface area contributed by atoms with E-state index in [1.165, 1.54) is 24.3 Å². The molecule has 1 rings (SSSR count). The van der Waals surface area contributed by atoms with Gasteiger partial charge in [0, 0.05) is 0 Å². The average molecular weight is 250 g/mol. The molecule has 5 heteroatoms. The number of hydrogen-bond donors (Lipinski definition) is 0. The first-order valence-corrected chi connectivity index (χ1v) is 4.98. The second-order valence-electron chi connectivity index (χ2n) is 2.18. The van der Waals surface area contributed by atoms with Gasteiger partial charge in [-0.05, 0) is 0 Å². The van der Waals surface area contributed by atoms with Crippen LogP contribution in [0.3, 0.4) is 0 Å². The second-order valence-corrected chi connectivity index (χ2v) is 4.57. The van der Waals surface area contributed by atoms with E-state index < -0.39 is 20.0 Å². The molecule has 0 saturated carbocycles. The fourth-order valence-corrected chi connectivity index (χ4v) is 1.86. The summed E-state index contributed by atoms with van der Waals surface area (Å²) in [5.41, 5.74) is 0.377. The van der Waals surface area contributed by atoms with Gasteiger partial charge >= 0.3 is 78.8 Å². The van der Waals surface area contributed by atoms with Gasteiger partial charge < -0.3 is 0 Å². The van der Waals surface area contributed by atoms with Gasteiger partial charge in [0.15, 0.2) is 0 Å². The molecule has 0 unspecified atom stereocenters. The molecule has 0 aromatic heterocycles. The maximum atomic E-state index is 11.9. The molecular weight excluding hydrogens is 246 g/mol. The summed E-state index contributed by atoms with van der Waals surface area (Å²) in [6, 6.07) is 7.30. The van der Waals surface area contributed by atoms with Gasteiger partial charge in [-0.3, -0.25) is 0 Å². The quantitative estimate of drug-likeness (QED) is 0.691. The molecule has 0 spiro atoms. The number of benzene rings is 1. The Morgan fingerprint density at radius 1 is 1.15 bits per heavy atom. The number of halogens is 3. The van der Waals surface area contributed by atoms with E-state index >= 15 is 0 Å². The van der Waals surface area contributed by atoms with Crippen LogP contribution in [0.25, 0.3) is 0 Å². The molecule has 13 heavy (non-hydrogen) atoms. The first-order valence-electron chi connectivity index (χ1n) is 3.27. The van der Waals surface area contributed by atoms with Crippen molar-refractivity contribution in [3.8, 4) is 6.07 Å². The molecule has 1 nitrogen and oxygen atoms in total. The van der Waals surface area contributed by atoms with Gasteiger partial charge in [0.05, 0.1) is 0 Å². The average Bonchev–Trinajstić information content (AvgIpc) is 2.03. The normalized spacial score (nSPS) is 10.9. The molecule has 0 atom stereocenters. The van der Waals surface area contributed by atoms with Gasteiger partial charge in [0.2, 0.25) is 0 Å². The molecule has 0 aliphatic heterocycles. The second kappa shape index (κ2) is 3.82. The van der Waals surface area contributed by atoms with E-state index in [0.717, 1.165) is 0 Å². The van der Waals surface area contributed by atoms with Crippen LogP contribution in [0.4, 0.5) is 13.2 Å². The third kappa shape index (κ3) is 3.49. The van der Waals surface area contributed by atoms with Gasteiger partial charge in [0.1, 0.15) is 0 Å². The fraction of sp³-hybridized carbons (Fsp3) is 0.125. The van der Waals surface area contributed by atoms with E-state index in [9.17, 15) is 13.2 Å². The maximum absolute atomic E-state index is 11.9. The summed E-state index contributed by atoms with van der Waals surface area (Å²) in [6.45, 7) is 0. The summed E-state index contributed by atoms with van der Waals surface area (Å²) in [5.74, 6) is 0. The minimum atomic E-state index is -4.12. The van der Waals surface area contributed by atoms with Crippen molar-refractivity contribution in [2.24, 2.45) is 0 Å². The first-order chi connectivity index (χ1) is 6.01. The standard InChI is InChI=1S/C8H4F3NSe/c9-8(10,11)13-7-3-1-6(5-12)2-4-7/h1-4H. The summed E-state index contributed by atoms with van der Waals surface area (Å²) < 4.78 is 35.9. The van der Waals surface area contributed by atoms with E-state index in [0.29, 0.717) is 5.56 Å². The molecule has 0 bridgehead atoms. The van der Waals surface area contributed by atoms with Crippen molar-refractivity contribution in [2.75, 3.05) is 0 Å². The molecule has 0 aliphatic carbocycles. The van der Waals surface area contributed by atoms with Crippen molar-refractivity contribution in [3.05, 3.63) is 29.8 Å². The van der Waals surface area contributed by atoms with E-state index in [1.54, 1.807) is 0 Å². The Morgan fingerprint density at radius 2 is 1.69 bits per heavy atom. The third-order valence-corrected chi connectivity index (χ3v) is 2.77. The molecule has 0 amide bonds. The Bertz CT molecular complexity index is 323. The molecular formula is C8H4F3NSe. The minimum absolute atomic E-state index is 0.235. The van der Waals surface area contributed by atoms with Crippen LogP contribution in [0, 0.1) is 11.3 Å². The molecule has 1 aromatic rings. The van der Waals surface area contributed by atoms with E-state index in [4.69, 9.17) is 5.26 Å². The van der Waals surface area contributed by atoms with Crippen LogP contribution in [0.1, 0.15) is 5.56 Å². The summed E-state index contributed by atoms with van der Waals surface area (Å²) in [7, 11) is 0. The van der Waals surface area contributed by atoms with E-state index in [1.807, 2.05) is 6.07 Å². The predicted octanol–water partition coefficient (Wildman–Crippen LogP) is 1.41. The van der Waals surface area contributed by atoms with Crippen molar-refractivity contribution >= 4 is 19.4 Å². The molecule has 0 fully saturated rings. The number of alkyl halides is 3. The van der Waals surface area contributed by atoms with Crippen LogP contribution in [0.5, 0.6) is 0 Å². The van der Waals surface area contributed by atoms with Crippen LogP contribution in [0.15, 0.2) is 24.3 Å². The Hall–Kier alpha value is -0.981. The Labute approximate surface area is 79.3 Å². The predicted molar refractivity (Wildman–Crippen MR) is 42.6 cm³/mol. The number of nitriles is 1. The SMILES string of the molecule is N#Cc1ccc([Se]C(F)(F)F)cc1. The Kier molecular flexibility index (Phi) is 2.97. The van der Waals surface area contributed by atoms with Crippen molar-refractivity contribution < 1.29 is 13.2 Å². The van der Waals surface area contributed by atoms with Gasteiger partial charge in [-0.25, -0.2) is 0 Å². The summed E-state index contributed by atoms with van der Waals surface area (Å²) in [5, 5.41) is 4.27. The third-order valence-electron chi connectivity index (χ3n) is 1.22. The topological polar surface area (TPSA) is 23.8 Å². The number of rotatable bonds is 1. The zero-order valence-corrected chi connectivity index (χ0v) is 8.01. The van der Waals surface area contributed by atoms with Gasteiger partial charge in [0.25, 0.3) is 0 Å². The first kappa shape index (κ1) is 10.1. The zero-order chi connectivity index (χ0) is 9.90. The van der Waals surface area contributed by atoms with Crippen LogP contribution in [-0.4, -0.2) is 20.0 Å². The van der Waals surface area contributed by atoms with Crippen molar-refractivity contribution in [2.45, 2.75) is 5.07 Å². The van der Waals surface area contributed by atoms with Gasteiger partial charge in [-0.15, -0.1) is 0 Å². The van der Waals surface area contributed by atoms with E-state index in [-0.39, 0.29) is 4.46 Å². The molecule has 68 valence electrons. The van der Waals surface area contributed by atoms with Crippen LogP contribution < -0.4 is 4.46 Å². The Balaban J connectivity index is 2.77. The summed E-state index contributed by atoms with van der Waals surface area (Å²) >= 11 is -1.51. The zero-order valence-electron chi connectivity index (χ0n) is 6.30. The van der Waals surface area contributed by atoms with Crippen LogP contribution in [-0.2, 0) is 0 Å². The van der Waals surface area contributed by atoms with Gasteiger partial charge in [-0.1, -0.05) is 0 Å². The molecule has 0 radical (unpaired) electrons. The number of nitrogens with zero attached hydrogens (tertiary/aromatic N) is 1. The molecule has 0 N–H and O–H groups in total. The molecule has 0 aliphatic rings. The Morgan fingerprint density at radius 3 is 2.08 bits per heavy atom. The summed E-state index contributed by atoms with van der Waals surface area (Å²) in [4.78, 5) is 0. The molecule has 0 heterocycles. The molecule has 1 aromatic carbocycles. The summed E-state index contributed by atoms with van der Waals surface area (Å²) in [6.07, 6.45) is 0. The molecule has 0 saturated heterocycles. The van der Waals surface area contributed by atoms with Crippen molar-refractivity contribution in [3.63, 3.8) is 0 Å². The monoisotopic (exact) mass is 251 g/mol. The number of hydrogen-bond acceptors (Lipinski definition) is 1. The van der Waals surface area contributed by atoms with E-state index in [2.05, 4.69) is 0 Å². The van der Waals surface area contributed by atoms with Crippen molar-refractivity contribution in [1.29, 1.82) is 5.26 Å². The van der Waals surface area contributed by atoms with Crippen LogP contribution >= 0.6 is 0 Å². The fourth-order valence-electron chi connectivity index (χ4n) is 0.731. The van der Waals surface area contributed by atoms with Crippen molar-refractivity contribution in [1.82, 2.24) is 0 Å². The van der Waals surface area contributed by atoms with Crippen LogP contribution in [0.2, 0.25) is 0 Å².